The molecule has 1 aliphatic rings. The minimum absolute atomic E-state index is 0.297. The second-order valence-electron chi connectivity index (χ2n) is 4.09. The van der Waals surface area contributed by atoms with Crippen LogP contribution < -0.4 is 5.32 Å². The van der Waals surface area contributed by atoms with Crippen molar-refractivity contribution in [2.24, 2.45) is 5.92 Å². The van der Waals surface area contributed by atoms with E-state index in [1.54, 1.807) is 4.68 Å². The molecule has 1 N–H and O–H groups in total. The molecule has 15 heavy (non-hydrogen) atoms. The number of nitrogens with one attached hydrogen (secondary N) is 1. The second kappa shape index (κ2) is 5.21. The molecule has 0 saturated heterocycles. The van der Waals surface area contributed by atoms with Gasteiger partial charge in [-0.05, 0) is 31.7 Å². The highest BCUT2D eigenvalue weighted by molar-refractivity contribution is 4.92. The van der Waals surface area contributed by atoms with E-state index < -0.39 is 0 Å². The second-order valence-corrected chi connectivity index (χ2v) is 4.09. The van der Waals surface area contributed by atoms with Crippen LogP contribution in [-0.2, 0) is 13.1 Å². The highest BCUT2D eigenvalue weighted by atomic mass is 19.1. The monoisotopic (exact) mass is 212 g/mol. The van der Waals surface area contributed by atoms with Crippen LogP contribution >= 0.6 is 0 Å². The first-order chi connectivity index (χ1) is 7.38. The van der Waals surface area contributed by atoms with E-state index in [-0.39, 0.29) is 6.67 Å². The number of aromatic nitrogens is 3. The van der Waals surface area contributed by atoms with E-state index in [9.17, 15) is 4.39 Å². The van der Waals surface area contributed by atoms with E-state index in [0.717, 1.165) is 24.7 Å². The summed E-state index contributed by atoms with van der Waals surface area (Å²) in [6, 6.07) is 0. The van der Waals surface area contributed by atoms with Crippen molar-refractivity contribution in [3.8, 4) is 0 Å². The number of hydrogen-bond acceptors (Lipinski definition) is 3. The molecule has 4 nitrogen and oxygen atoms in total. The normalized spacial score (nSPS) is 15.8. The molecule has 0 radical (unpaired) electrons. The molecule has 1 heterocycles. The van der Waals surface area contributed by atoms with Gasteiger partial charge >= 0.3 is 0 Å². The summed E-state index contributed by atoms with van der Waals surface area (Å²) in [4.78, 5) is 0. The van der Waals surface area contributed by atoms with Crippen molar-refractivity contribution in [2.75, 3.05) is 13.2 Å². The molecule has 0 aromatic carbocycles. The average molecular weight is 212 g/mol. The van der Waals surface area contributed by atoms with E-state index >= 15 is 0 Å². The Hall–Kier alpha value is -0.970. The Morgan fingerprint density at radius 3 is 3.13 bits per heavy atom. The van der Waals surface area contributed by atoms with E-state index in [4.69, 9.17) is 0 Å². The molecule has 0 aliphatic heterocycles. The minimum Gasteiger partial charge on any atom is -0.311 e. The first-order valence-electron chi connectivity index (χ1n) is 5.54. The van der Waals surface area contributed by atoms with Crippen LogP contribution in [-0.4, -0.2) is 28.2 Å². The van der Waals surface area contributed by atoms with Gasteiger partial charge in [0.15, 0.2) is 0 Å². The molecule has 1 fully saturated rings. The number of rotatable bonds is 7. The SMILES string of the molecule is FCCCn1cc(CNCC2CC2)nn1. The van der Waals surface area contributed by atoms with Crippen LogP contribution in [0.4, 0.5) is 4.39 Å². The van der Waals surface area contributed by atoms with Crippen LogP contribution in [0.2, 0.25) is 0 Å². The molecule has 0 atom stereocenters. The zero-order valence-corrected chi connectivity index (χ0v) is 8.82. The van der Waals surface area contributed by atoms with E-state index in [1.165, 1.54) is 12.8 Å². The van der Waals surface area contributed by atoms with Gasteiger partial charge in [0.2, 0.25) is 0 Å². The van der Waals surface area contributed by atoms with E-state index in [2.05, 4.69) is 15.6 Å². The number of hydrogen-bond donors (Lipinski definition) is 1. The van der Waals surface area contributed by atoms with E-state index in [0.29, 0.717) is 13.0 Å². The summed E-state index contributed by atoms with van der Waals surface area (Å²) in [5, 5.41) is 11.3. The number of nitrogens with zero attached hydrogens (tertiary/aromatic N) is 3. The first-order valence-corrected chi connectivity index (χ1v) is 5.54. The molecule has 0 amide bonds. The Kier molecular flexibility index (Phi) is 3.66. The highest BCUT2D eigenvalue weighted by Gasteiger charge is 2.20. The van der Waals surface area contributed by atoms with Crippen molar-refractivity contribution >= 4 is 0 Å². The van der Waals surface area contributed by atoms with Crippen molar-refractivity contribution in [1.82, 2.24) is 20.3 Å². The van der Waals surface area contributed by atoms with Gasteiger partial charge in [-0.15, -0.1) is 5.10 Å². The van der Waals surface area contributed by atoms with Crippen molar-refractivity contribution in [3.05, 3.63) is 11.9 Å². The minimum atomic E-state index is -0.297. The van der Waals surface area contributed by atoms with E-state index in [1.807, 2.05) is 6.20 Å². The molecular formula is C10H17FN4. The number of aryl methyl sites for hydroxylation is 1. The topological polar surface area (TPSA) is 42.7 Å². The average Bonchev–Trinajstić information content (AvgIpc) is 2.95. The maximum atomic E-state index is 11.9. The zero-order valence-electron chi connectivity index (χ0n) is 8.82. The lowest BCUT2D eigenvalue weighted by atomic mass is 10.4. The predicted molar refractivity (Wildman–Crippen MR) is 55.0 cm³/mol. The molecule has 2 rings (SSSR count). The van der Waals surface area contributed by atoms with Crippen LogP contribution in [0.25, 0.3) is 0 Å². The molecule has 1 aliphatic carbocycles. The highest BCUT2D eigenvalue weighted by Crippen LogP contribution is 2.27. The third-order valence-electron chi connectivity index (χ3n) is 2.54. The summed E-state index contributed by atoms with van der Waals surface area (Å²) in [5.74, 6) is 0.881. The van der Waals surface area contributed by atoms with Crippen LogP contribution in [0.1, 0.15) is 25.0 Å². The Morgan fingerprint density at radius 1 is 1.53 bits per heavy atom. The van der Waals surface area contributed by atoms with Gasteiger partial charge in [-0.1, -0.05) is 5.21 Å². The molecule has 0 spiro atoms. The van der Waals surface area contributed by atoms with Gasteiger partial charge in [0.05, 0.1) is 12.4 Å². The first kappa shape index (κ1) is 10.5. The molecule has 0 bridgehead atoms. The van der Waals surface area contributed by atoms with Gasteiger partial charge in [-0.25, -0.2) is 0 Å². The van der Waals surface area contributed by atoms with Crippen molar-refractivity contribution in [3.63, 3.8) is 0 Å². The number of halogens is 1. The third kappa shape index (κ3) is 3.58. The molecule has 1 saturated carbocycles. The van der Waals surface area contributed by atoms with Gasteiger partial charge in [0, 0.05) is 19.3 Å². The van der Waals surface area contributed by atoms with Crippen molar-refractivity contribution < 1.29 is 4.39 Å². The van der Waals surface area contributed by atoms with Crippen molar-refractivity contribution in [1.29, 1.82) is 0 Å². The van der Waals surface area contributed by atoms with Crippen molar-refractivity contribution in [2.45, 2.75) is 32.4 Å². The predicted octanol–water partition coefficient (Wildman–Crippen LogP) is 1.14. The van der Waals surface area contributed by atoms with Crippen LogP contribution in [0.15, 0.2) is 6.20 Å². The summed E-state index contributed by atoms with van der Waals surface area (Å²) in [6.07, 6.45) is 5.11. The quantitative estimate of drug-likeness (QED) is 0.737. The summed E-state index contributed by atoms with van der Waals surface area (Å²) >= 11 is 0. The lowest BCUT2D eigenvalue weighted by Gasteiger charge is -1.98. The van der Waals surface area contributed by atoms with Gasteiger partial charge in [-0.3, -0.25) is 9.07 Å². The largest absolute Gasteiger partial charge is 0.311 e. The molecule has 5 heteroatoms. The molecular weight excluding hydrogens is 195 g/mol. The summed E-state index contributed by atoms with van der Waals surface area (Å²) in [6.45, 7) is 2.17. The molecule has 0 unspecified atom stereocenters. The zero-order chi connectivity index (χ0) is 10.5. The Bertz CT molecular complexity index is 295. The van der Waals surface area contributed by atoms with Crippen LogP contribution in [0.5, 0.6) is 0 Å². The summed E-state index contributed by atoms with van der Waals surface area (Å²) < 4.78 is 13.6. The maximum Gasteiger partial charge on any atom is 0.0964 e. The fourth-order valence-electron chi connectivity index (χ4n) is 1.48. The Morgan fingerprint density at radius 2 is 2.40 bits per heavy atom. The molecule has 1 aromatic heterocycles. The van der Waals surface area contributed by atoms with Crippen LogP contribution in [0, 0.1) is 5.92 Å². The molecule has 84 valence electrons. The smallest absolute Gasteiger partial charge is 0.0964 e. The summed E-state index contributed by atoms with van der Waals surface area (Å²) in [5.41, 5.74) is 0.939. The Balaban J connectivity index is 1.68. The standard InChI is InChI=1S/C10H17FN4/c11-4-1-5-15-8-10(13-14-15)7-12-6-9-2-3-9/h8-9,12H,1-7H2. The van der Waals surface area contributed by atoms with Gasteiger partial charge in [-0.2, -0.15) is 0 Å². The van der Waals surface area contributed by atoms with Crippen LogP contribution in [0.3, 0.4) is 0 Å². The van der Waals surface area contributed by atoms with Gasteiger partial charge < -0.3 is 5.32 Å². The Labute approximate surface area is 88.9 Å². The summed E-state index contributed by atoms with van der Waals surface area (Å²) in [7, 11) is 0. The fourth-order valence-corrected chi connectivity index (χ4v) is 1.48. The molecule has 1 aromatic rings. The fraction of sp³-hybridized carbons (Fsp3) is 0.800. The third-order valence-corrected chi connectivity index (χ3v) is 2.54. The lowest BCUT2D eigenvalue weighted by molar-refractivity contribution is 0.431. The number of alkyl halides is 1. The lowest BCUT2D eigenvalue weighted by Crippen LogP contribution is -2.16. The van der Waals surface area contributed by atoms with Gasteiger partial charge in [0.1, 0.15) is 0 Å². The maximum absolute atomic E-state index is 11.9. The van der Waals surface area contributed by atoms with Gasteiger partial charge in [0.25, 0.3) is 0 Å².